The van der Waals surface area contributed by atoms with Gasteiger partial charge in [-0.2, -0.15) is 0 Å². The molecule has 1 atom stereocenters. The third-order valence-corrected chi connectivity index (χ3v) is 22.4. The zero-order valence-corrected chi connectivity index (χ0v) is 22.4. The first-order valence-electron chi connectivity index (χ1n) is 10.0. The summed E-state index contributed by atoms with van der Waals surface area (Å²) in [6, 6.07) is 6.71. The van der Waals surface area contributed by atoms with Crippen LogP contribution in [0.2, 0.25) is 27.4 Å². The molecule has 138 valence electrons. The molecular weight excluding hydrogens is 463 g/mol. The number of rotatable bonds is 8. The molecule has 2 aromatic heterocycles. The molecule has 3 heterocycles. The molecule has 0 bridgehead atoms. The maximum absolute atomic E-state index is 2.70. The van der Waals surface area contributed by atoms with E-state index in [1.54, 1.807) is 17.8 Å². The second kappa shape index (κ2) is 7.80. The fourth-order valence-corrected chi connectivity index (χ4v) is 17.9. The Hall–Kier alpha value is 0.416. The molecule has 0 amide bonds. The molecule has 0 radical (unpaired) electrons. The Bertz CT molecular complexity index is 738. The van der Waals surface area contributed by atoms with Crippen molar-refractivity contribution < 1.29 is 0 Å². The molecule has 1 aliphatic rings. The zero-order valence-electron chi connectivity index (χ0n) is 16.9. The van der Waals surface area contributed by atoms with Crippen molar-refractivity contribution in [1.29, 1.82) is 0 Å². The van der Waals surface area contributed by atoms with Crippen LogP contribution in [-0.2, 0) is 0 Å². The van der Waals surface area contributed by atoms with Crippen molar-refractivity contribution in [3.63, 3.8) is 0 Å². The average Bonchev–Trinajstić information content (AvgIpc) is 3.17. The Labute approximate surface area is 168 Å². The van der Waals surface area contributed by atoms with E-state index < -0.39 is 26.5 Å². The van der Waals surface area contributed by atoms with Crippen LogP contribution in [0, 0.1) is 6.92 Å². The second-order valence-corrected chi connectivity index (χ2v) is 31.0. The first kappa shape index (κ1) is 20.2. The average molecular weight is 497 g/mol. The van der Waals surface area contributed by atoms with Crippen molar-refractivity contribution in [1.82, 2.24) is 0 Å². The van der Waals surface area contributed by atoms with Crippen molar-refractivity contribution in [2.75, 3.05) is 0 Å². The maximum atomic E-state index is 2.70. The van der Waals surface area contributed by atoms with Gasteiger partial charge in [0, 0.05) is 0 Å². The van der Waals surface area contributed by atoms with Gasteiger partial charge in [-0.3, -0.25) is 0 Å². The van der Waals surface area contributed by atoms with Crippen LogP contribution in [0.5, 0.6) is 0 Å². The topological polar surface area (TPSA) is 0 Å². The van der Waals surface area contributed by atoms with Crippen molar-refractivity contribution in [2.24, 2.45) is 0 Å². The molecular formula is C21H34S2SiSn. The summed E-state index contributed by atoms with van der Waals surface area (Å²) in [6.07, 6.45) is 8.51. The number of hydrogen-bond donors (Lipinski definition) is 0. The van der Waals surface area contributed by atoms with Crippen LogP contribution in [0.1, 0.15) is 50.3 Å². The quantitative estimate of drug-likeness (QED) is 0.301. The van der Waals surface area contributed by atoms with Gasteiger partial charge in [-0.1, -0.05) is 0 Å². The van der Waals surface area contributed by atoms with E-state index in [0.29, 0.717) is 0 Å². The van der Waals surface area contributed by atoms with Gasteiger partial charge < -0.3 is 0 Å². The van der Waals surface area contributed by atoms with Crippen molar-refractivity contribution in [3.05, 3.63) is 17.0 Å². The Morgan fingerprint density at radius 1 is 0.880 bits per heavy atom. The molecule has 0 fully saturated rings. The first-order valence-corrected chi connectivity index (χ1v) is 24.4. The van der Waals surface area contributed by atoms with Crippen molar-refractivity contribution >= 4 is 62.4 Å². The van der Waals surface area contributed by atoms with Gasteiger partial charge in [0.1, 0.15) is 0 Å². The predicted octanol–water partition coefficient (Wildman–Crippen LogP) is 6.20. The molecule has 0 aliphatic carbocycles. The zero-order chi connectivity index (χ0) is 18.2. The molecule has 25 heavy (non-hydrogen) atoms. The molecule has 4 heteroatoms. The molecule has 1 aliphatic heterocycles. The molecule has 0 saturated heterocycles. The SMILES string of the molecule is CCCCCCCC[Si]1(C)c2cc(C)sc2-c2s[c]([Sn]([CH3])([CH3])[CH3])cc21. The first-order chi connectivity index (χ1) is 11.8. The van der Waals surface area contributed by atoms with Gasteiger partial charge in [-0.05, 0) is 0 Å². The van der Waals surface area contributed by atoms with Crippen molar-refractivity contribution in [3.8, 4) is 9.75 Å². The van der Waals surface area contributed by atoms with Crippen LogP contribution >= 0.6 is 22.7 Å². The van der Waals surface area contributed by atoms with Gasteiger partial charge in [0.2, 0.25) is 0 Å². The number of thiophene rings is 2. The number of unbranched alkanes of at least 4 members (excludes halogenated alkanes) is 5. The third kappa shape index (κ3) is 3.99. The molecule has 1 unspecified atom stereocenters. The van der Waals surface area contributed by atoms with E-state index in [1.165, 1.54) is 49.4 Å². The monoisotopic (exact) mass is 498 g/mol. The summed E-state index contributed by atoms with van der Waals surface area (Å²) in [5, 5.41) is 3.59. The van der Waals surface area contributed by atoms with E-state index in [0.717, 1.165) is 0 Å². The van der Waals surface area contributed by atoms with Crippen LogP contribution < -0.4 is 13.3 Å². The fraction of sp³-hybridized carbons (Fsp3) is 0.619. The molecule has 0 spiro atoms. The minimum atomic E-state index is -1.97. The van der Waals surface area contributed by atoms with E-state index in [2.05, 4.69) is 70.0 Å². The fourth-order valence-electron chi connectivity index (χ4n) is 4.11. The summed E-state index contributed by atoms with van der Waals surface area (Å²) in [7, 11) is -1.48. The molecule has 0 saturated carbocycles. The Balaban J connectivity index is 1.85. The molecule has 2 aromatic rings. The predicted molar refractivity (Wildman–Crippen MR) is 124 cm³/mol. The van der Waals surface area contributed by atoms with Crippen LogP contribution in [0.4, 0.5) is 0 Å². The molecule has 3 rings (SSSR count). The Morgan fingerprint density at radius 2 is 1.48 bits per heavy atom. The van der Waals surface area contributed by atoms with E-state index in [1.807, 2.05) is 5.19 Å². The standard InChI is InChI=1S/C18H25S2Si.3CH3.Sn/c1-4-5-6-7-8-9-12-21(3)15-10-11-19-17(15)18-16(21)13-14(2)20-18;;;;/h10,13H,4-9,12H2,1-3H3;3*1H3;. The molecule has 0 aromatic carbocycles. The minimum absolute atomic E-state index is 1.35. The van der Waals surface area contributed by atoms with Gasteiger partial charge in [0.15, 0.2) is 0 Å². The number of fused-ring (bicyclic) bond motifs is 3. The van der Waals surface area contributed by atoms with E-state index in [4.69, 9.17) is 0 Å². The van der Waals surface area contributed by atoms with Gasteiger partial charge in [0.25, 0.3) is 0 Å². The van der Waals surface area contributed by atoms with Crippen LogP contribution in [0.15, 0.2) is 12.1 Å². The number of aryl methyl sites for hydroxylation is 1. The van der Waals surface area contributed by atoms with Gasteiger partial charge in [-0.25, -0.2) is 0 Å². The summed E-state index contributed by atoms with van der Waals surface area (Å²) >= 11 is 2.27. The van der Waals surface area contributed by atoms with Crippen LogP contribution in [-0.4, -0.2) is 26.5 Å². The second-order valence-electron chi connectivity index (χ2n) is 9.05. The third-order valence-electron chi connectivity index (χ3n) is 5.75. The van der Waals surface area contributed by atoms with Crippen LogP contribution in [0.3, 0.4) is 0 Å². The van der Waals surface area contributed by atoms with E-state index >= 15 is 0 Å². The Morgan fingerprint density at radius 3 is 2.16 bits per heavy atom. The normalized spacial score (nSPS) is 19.3. The summed E-state index contributed by atoms with van der Waals surface area (Å²) in [5.41, 5.74) is 0. The summed E-state index contributed by atoms with van der Waals surface area (Å²) in [4.78, 5) is 12.6. The van der Waals surface area contributed by atoms with E-state index in [-0.39, 0.29) is 0 Å². The van der Waals surface area contributed by atoms with Crippen molar-refractivity contribution in [2.45, 2.75) is 79.8 Å². The van der Waals surface area contributed by atoms with E-state index in [9.17, 15) is 0 Å². The Kier molecular flexibility index (Phi) is 6.29. The van der Waals surface area contributed by atoms with Gasteiger partial charge >= 0.3 is 169 Å². The van der Waals surface area contributed by atoms with Gasteiger partial charge in [0.05, 0.1) is 0 Å². The summed E-state index contributed by atoms with van der Waals surface area (Å²) < 4.78 is 1.79. The number of hydrogen-bond acceptors (Lipinski definition) is 2. The van der Waals surface area contributed by atoms with Crippen LogP contribution in [0.25, 0.3) is 9.75 Å². The summed E-state index contributed by atoms with van der Waals surface area (Å²) in [6.45, 7) is 7.28. The molecule has 0 N–H and O–H groups in total. The molecule has 0 nitrogen and oxygen atoms in total. The summed E-state index contributed by atoms with van der Waals surface area (Å²) in [5.74, 6) is 0. The van der Waals surface area contributed by atoms with Gasteiger partial charge in [-0.15, -0.1) is 0 Å².